The van der Waals surface area contributed by atoms with E-state index in [2.05, 4.69) is 16.4 Å². The number of hydrogen-bond acceptors (Lipinski definition) is 4. The number of benzene rings is 3. The van der Waals surface area contributed by atoms with E-state index in [0.29, 0.717) is 40.6 Å². The highest BCUT2D eigenvalue weighted by Crippen LogP contribution is 2.28. The minimum atomic E-state index is -0.205. The van der Waals surface area contributed by atoms with Crippen LogP contribution in [0.25, 0.3) is 22.6 Å². The highest BCUT2D eigenvalue weighted by atomic mass is 16.5. The summed E-state index contributed by atoms with van der Waals surface area (Å²) in [6, 6.07) is 18.8. The maximum absolute atomic E-state index is 12.6. The molecule has 0 aliphatic heterocycles. The molecule has 1 aromatic heterocycles. The van der Waals surface area contributed by atoms with Gasteiger partial charge in [0.2, 0.25) is 5.89 Å². The van der Waals surface area contributed by atoms with E-state index in [1.807, 2.05) is 57.2 Å². The molecule has 1 amide bonds. The molecule has 5 nitrogen and oxygen atoms in total. The molecule has 4 rings (SSSR count). The third-order valence-corrected chi connectivity index (χ3v) is 4.52. The van der Waals surface area contributed by atoms with Crippen LogP contribution in [-0.4, -0.2) is 17.5 Å². The first kappa shape index (κ1) is 18.7. The van der Waals surface area contributed by atoms with Crippen LogP contribution in [0.1, 0.15) is 28.4 Å². The topological polar surface area (TPSA) is 64.4 Å². The molecular formula is C24H22N2O3. The number of fused-ring (bicyclic) bond motifs is 1. The lowest BCUT2D eigenvalue weighted by molar-refractivity contribution is 0.102. The smallest absolute Gasteiger partial charge is 0.255 e. The van der Waals surface area contributed by atoms with E-state index in [-0.39, 0.29) is 5.91 Å². The Morgan fingerprint density at radius 1 is 1.03 bits per heavy atom. The molecule has 0 aliphatic rings. The molecule has 0 bridgehead atoms. The maximum Gasteiger partial charge on any atom is 0.255 e. The van der Waals surface area contributed by atoms with Gasteiger partial charge < -0.3 is 14.5 Å². The first-order valence-electron chi connectivity index (χ1n) is 9.55. The van der Waals surface area contributed by atoms with Crippen LogP contribution in [-0.2, 0) is 0 Å². The van der Waals surface area contributed by atoms with Crippen LogP contribution in [0.15, 0.2) is 65.1 Å². The van der Waals surface area contributed by atoms with E-state index in [4.69, 9.17) is 9.15 Å². The molecular weight excluding hydrogens is 364 g/mol. The van der Waals surface area contributed by atoms with Crippen LogP contribution < -0.4 is 10.1 Å². The molecule has 1 N–H and O–H groups in total. The number of rotatable bonds is 5. The molecule has 0 fully saturated rings. The van der Waals surface area contributed by atoms with Gasteiger partial charge in [-0.25, -0.2) is 4.98 Å². The number of nitrogens with zero attached hydrogens (tertiary/aromatic N) is 1. The molecule has 0 unspecified atom stereocenters. The third-order valence-electron chi connectivity index (χ3n) is 4.52. The van der Waals surface area contributed by atoms with Crippen molar-refractivity contribution in [2.75, 3.05) is 11.9 Å². The summed E-state index contributed by atoms with van der Waals surface area (Å²) in [5, 5.41) is 2.91. The summed E-state index contributed by atoms with van der Waals surface area (Å²) in [5.41, 5.74) is 5.82. The van der Waals surface area contributed by atoms with Crippen LogP contribution in [0.4, 0.5) is 5.69 Å². The number of aryl methyl sites for hydroxylation is 2. The molecule has 0 atom stereocenters. The third kappa shape index (κ3) is 4.14. The number of amides is 1. The normalized spacial score (nSPS) is 10.9. The van der Waals surface area contributed by atoms with Crippen molar-refractivity contribution >= 4 is 22.7 Å². The van der Waals surface area contributed by atoms with Crippen molar-refractivity contribution in [1.29, 1.82) is 0 Å². The highest BCUT2D eigenvalue weighted by molar-refractivity contribution is 6.05. The Kier molecular flexibility index (Phi) is 5.04. The van der Waals surface area contributed by atoms with E-state index < -0.39 is 0 Å². The SMILES string of the molecule is CCOc1cccc(C(=O)Nc2ccc3oc(-c4cc(C)cc(C)c4)nc3c2)c1. The van der Waals surface area contributed by atoms with Crippen LogP contribution in [0.5, 0.6) is 5.75 Å². The molecule has 0 aliphatic carbocycles. The quantitative estimate of drug-likeness (QED) is 0.473. The Morgan fingerprint density at radius 3 is 2.59 bits per heavy atom. The Labute approximate surface area is 169 Å². The number of nitrogens with one attached hydrogen (secondary N) is 1. The molecule has 0 saturated carbocycles. The van der Waals surface area contributed by atoms with Crippen molar-refractivity contribution in [1.82, 2.24) is 4.98 Å². The van der Waals surface area contributed by atoms with Gasteiger partial charge in [-0.2, -0.15) is 0 Å². The second kappa shape index (κ2) is 7.80. The fourth-order valence-electron chi connectivity index (χ4n) is 3.32. The van der Waals surface area contributed by atoms with Gasteiger partial charge in [0.15, 0.2) is 5.58 Å². The van der Waals surface area contributed by atoms with Gasteiger partial charge in [0.1, 0.15) is 11.3 Å². The lowest BCUT2D eigenvalue weighted by Gasteiger charge is -2.07. The predicted octanol–water partition coefficient (Wildman–Crippen LogP) is 5.76. The van der Waals surface area contributed by atoms with Crippen molar-refractivity contribution in [2.45, 2.75) is 20.8 Å². The van der Waals surface area contributed by atoms with E-state index >= 15 is 0 Å². The molecule has 0 saturated heterocycles. The summed E-state index contributed by atoms with van der Waals surface area (Å²) in [5.74, 6) is 1.04. The molecule has 1 heterocycles. The Hall–Kier alpha value is -3.60. The lowest BCUT2D eigenvalue weighted by Crippen LogP contribution is -2.11. The zero-order valence-electron chi connectivity index (χ0n) is 16.7. The van der Waals surface area contributed by atoms with Crippen LogP contribution in [0.2, 0.25) is 0 Å². The zero-order valence-corrected chi connectivity index (χ0v) is 16.7. The number of carbonyl (C=O) groups excluding carboxylic acids is 1. The Morgan fingerprint density at radius 2 is 1.83 bits per heavy atom. The monoisotopic (exact) mass is 386 g/mol. The number of aromatic nitrogens is 1. The van der Waals surface area contributed by atoms with Gasteiger partial charge in [-0.3, -0.25) is 4.79 Å². The maximum atomic E-state index is 12.6. The molecule has 4 aromatic rings. The van der Waals surface area contributed by atoms with E-state index in [1.165, 1.54) is 0 Å². The largest absolute Gasteiger partial charge is 0.494 e. The average molecular weight is 386 g/mol. The number of ether oxygens (including phenoxy) is 1. The molecule has 146 valence electrons. The van der Waals surface area contributed by atoms with Gasteiger partial charge >= 0.3 is 0 Å². The first-order valence-corrected chi connectivity index (χ1v) is 9.55. The fourth-order valence-corrected chi connectivity index (χ4v) is 3.32. The Bertz CT molecular complexity index is 1170. The van der Waals surface area contributed by atoms with E-state index in [9.17, 15) is 4.79 Å². The van der Waals surface area contributed by atoms with Gasteiger partial charge in [-0.05, 0) is 69.3 Å². The van der Waals surface area contributed by atoms with Crippen molar-refractivity contribution in [3.8, 4) is 17.2 Å². The number of hydrogen-bond donors (Lipinski definition) is 1. The summed E-state index contributed by atoms with van der Waals surface area (Å²) in [6.07, 6.45) is 0. The molecule has 5 heteroatoms. The van der Waals surface area contributed by atoms with E-state index in [0.717, 1.165) is 16.7 Å². The van der Waals surface area contributed by atoms with Crippen LogP contribution in [0.3, 0.4) is 0 Å². The van der Waals surface area contributed by atoms with Crippen molar-refractivity contribution < 1.29 is 13.9 Å². The van der Waals surface area contributed by atoms with Crippen molar-refractivity contribution in [2.24, 2.45) is 0 Å². The molecule has 29 heavy (non-hydrogen) atoms. The Balaban J connectivity index is 1.59. The molecule has 3 aromatic carbocycles. The van der Waals surface area contributed by atoms with Gasteiger partial charge in [0.05, 0.1) is 6.61 Å². The zero-order chi connectivity index (χ0) is 20.4. The highest BCUT2D eigenvalue weighted by Gasteiger charge is 2.12. The second-order valence-electron chi connectivity index (χ2n) is 6.99. The van der Waals surface area contributed by atoms with Gasteiger partial charge in [-0.15, -0.1) is 0 Å². The minimum Gasteiger partial charge on any atom is -0.494 e. The summed E-state index contributed by atoms with van der Waals surface area (Å²) in [6.45, 7) is 6.56. The van der Waals surface area contributed by atoms with Gasteiger partial charge in [0.25, 0.3) is 5.91 Å². The first-order chi connectivity index (χ1) is 14.0. The van der Waals surface area contributed by atoms with Crippen LogP contribution in [0, 0.1) is 13.8 Å². The summed E-state index contributed by atoms with van der Waals surface area (Å²) in [4.78, 5) is 17.2. The number of oxazole rings is 1. The summed E-state index contributed by atoms with van der Waals surface area (Å²) >= 11 is 0. The van der Waals surface area contributed by atoms with Crippen molar-refractivity contribution in [3.63, 3.8) is 0 Å². The van der Waals surface area contributed by atoms with E-state index in [1.54, 1.807) is 18.2 Å². The van der Waals surface area contributed by atoms with Gasteiger partial charge in [0, 0.05) is 16.8 Å². The standard InChI is InChI=1S/C24H22N2O3/c1-4-28-20-7-5-6-17(13-20)23(27)25-19-8-9-22-21(14-19)26-24(29-22)18-11-15(2)10-16(3)12-18/h5-14H,4H2,1-3H3,(H,25,27). The lowest BCUT2D eigenvalue weighted by atomic mass is 10.1. The molecule has 0 spiro atoms. The predicted molar refractivity (Wildman–Crippen MR) is 114 cm³/mol. The van der Waals surface area contributed by atoms with Gasteiger partial charge in [-0.1, -0.05) is 23.3 Å². The number of anilines is 1. The fraction of sp³-hybridized carbons (Fsp3) is 0.167. The average Bonchev–Trinajstić information content (AvgIpc) is 3.11. The second-order valence-corrected chi connectivity index (χ2v) is 6.99. The number of carbonyl (C=O) groups is 1. The minimum absolute atomic E-state index is 0.205. The summed E-state index contributed by atoms with van der Waals surface area (Å²) in [7, 11) is 0. The van der Waals surface area contributed by atoms with Crippen molar-refractivity contribution in [3.05, 3.63) is 77.4 Å². The molecule has 0 radical (unpaired) electrons. The summed E-state index contributed by atoms with van der Waals surface area (Å²) < 4.78 is 11.4. The van der Waals surface area contributed by atoms with Crippen LogP contribution >= 0.6 is 0 Å².